The largest absolute Gasteiger partial charge is 0.492 e. The van der Waals surface area contributed by atoms with E-state index in [2.05, 4.69) is 29.8 Å². The molecule has 0 aliphatic carbocycles. The molecule has 5 heteroatoms. The van der Waals surface area contributed by atoms with E-state index in [4.69, 9.17) is 17.0 Å². The van der Waals surface area contributed by atoms with Crippen LogP contribution in [0.1, 0.15) is 13.8 Å². The summed E-state index contributed by atoms with van der Waals surface area (Å²) in [6, 6.07) is 6.06. The fraction of sp³-hybridized carbons (Fsp3) is 0.462. The van der Waals surface area contributed by atoms with Crippen LogP contribution in [-0.4, -0.2) is 36.1 Å². The highest BCUT2D eigenvalue weighted by Gasteiger charge is 2.02. The second-order valence-electron chi connectivity index (χ2n) is 4.05. The van der Waals surface area contributed by atoms with Crippen LogP contribution < -0.4 is 4.74 Å². The molecule has 0 aliphatic rings. The maximum atomic E-state index is 5.77. The van der Waals surface area contributed by atoms with Gasteiger partial charge in [0.05, 0.1) is 10.2 Å². The van der Waals surface area contributed by atoms with Crippen LogP contribution in [0, 0.1) is 3.95 Å². The Hall–Kier alpha value is -0.910. The van der Waals surface area contributed by atoms with E-state index in [1.165, 1.54) is 0 Å². The van der Waals surface area contributed by atoms with Crippen molar-refractivity contribution in [2.24, 2.45) is 0 Å². The number of nitrogens with one attached hydrogen (secondary N) is 1. The van der Waals surface area contributed by atoms with E-state index in [0.29, 0.717) is 0 Å². The summed E-state index contributed by atoms with van der Waals surface area (Å²) in [6.07, 6.45) is 0. The van der Waals surface area contributed by atoms with Crippen molar-refractivity contribution in [3.8, 4) is 5.75 Å². The third kappa shape index (κ3) is 3.31. The molecule has 0 radical (unpaired) electrons. The summed E-state index contributed by atoms with van der Waals surface area (Å²) in [5, 5.41) is 0. The summed E-state index contributed by atoms with van der Waals surface area (Å²) in [4.78, 5) is 5.49. The zero-order valence-corrected chi connectivity index (χ0v) is 12.4. The zero-order chi connectivity index (χ0) is 13.0. The minimum Gasteiger partial charge on any atom is -0.492 e. The number of hydrogen-bond donors (Lipinski definition) is 1. The van der Waals surface area contributed by atoms with Crippen molar-refractivity contribution in [2.75, 3.05) is 26.2 Å². The molecule has 0 bridgehead atoms. The van der Waals surface area contributed by atoms with Crippen molar-refractivity contribution in [1.82, 2.24) is 9.88 Å². The smallest absolute Gasteiger partial charge is 0.159 e. The fourth-order valence-corrected chi connectivity index (χ4v) is 2.99. The zero-order valence-electron chi connectivity index (χ0n) is 10.7. The molecule has 0 aliphatic heterocycles. The number of rotatable bonds is 6. The number of H-pyrrole nitrogens is 1. The third-order valence-electron chi connectivity index (χ3n) is 2.96. The molecule has 0 atom stereocenters. The Balaban J connectivity index is 1.97. The van der Waals surface area contributed by atoms with Gasteiger partial charge in [0.1, 0.15) is 12.4 Å². The van der Waals surface area contributed by atoms with Crippen LogP contribution in [0.25, 0.3) is 10.2 Å². The second-order valence-corrected chi connectivity index (χ2v) is 5.77. The number of nitrogens with zero attached hydrogens (tertiary/aromatic N) is 1. The quantitative estimate of drug-likeness (QED) is 0.819. The number of benzene rings is 1. The molecule has 1 aromatic carbocycles. The Morgan fingerprint density at radius 2 is 2.11 bits per heavy atom. The maximum absolute atomic E-state index is 5.77. The maximum Gasteiger partial charge on any atom is 0.159 e. The van der Waals surface area contributed by atoms with Crippen molar-refractivity contribution in [1.29, 1.82) is 0 Å². The summed E-state index contributed by atoms with van der Waals surface area (Å²) in [5.74, 6) is 0.917. The normalized spacial score (nSPS) is 11.3. The van der Waals surface area contributed by atoms with Gasteiger partial charge in [-0.3, -0.25) is 0 Å². The number of ether oxygens (including phenoxy) is 1. The van der Waals surface area contributed by atoms with Gasteiger partial charge in [-0.2, -0.15) is 0 Å². The summed E-state index contributed by atoms with van der Waals surface area (Å²) >= 11 is 6.71. The van der Waals surface area contributed by atoms with E-state index >= 15 is 0 Å². The van der Waals surface area contributed by atoms with Crippen LogP contribution in [0.15, 0.2) is 18.2 Å². The van der Waals surface area contributed by atoms with Crippen LogP contribution in [0.5, 0.6) is 5.75 Å². The van der Waals surface area contributed by atoms with Crippen LogP contribution in [0.3, 0.4) is 0 Å². The van der Waals surface area contributed by atoms with Gasteiger partial charge in [0, 0.05) is 6.54 Å². The van der Waals surface area contributed by atoms with Gasteiger partial charge in [-0.15, -0.1) is 11.3 Å². The first-order valence-corrected chi connectivity index (χ1v) is 7.43. The van der Waals surface area contributed by atoms with Crippen LogP contribution in [0.2, 0.25) is 0 Å². The summed E-state index contributed by atoms with van der Waals surface area (Å²) in [5.41, 5.74) is 1.08. The fourth-order valence-electron chi connectivity index (χ4n) is 1.85. The molecule has 1 aromatic heterocycles. The molecule has 0 saturated carbocycles. The lowest BCUT2D eigenvalue weighted by atomic mass is 10.3. The van der Waals surface area contributed by atoms with Crippen LogP contribution >= 0.6 is 23.6 Å². The summed E-state index contributed by atoms with van der Waals surface area (Å²) < 4.78 is 7.74. The highest BCUT2D eigenvalue weighted by Crippen LogP contribution is 2.24. The third-order valence-corrected chi connectivity index (χ3v) is 4.16. The van der Waals surface area contributed by atoms with Crippen molar-refractivity contribution >= 4 is 33.8 Å². The average molecular weight is 282 g/mol. The van der Waals surface area contributed by atoms with Gasteiger partial charge in [-0.25, -0.2) is 0 Å². The Morgan fingerprint density at radius 3 is 2.83 bits per heavy atom. The van der Waals surface area contributed by atoms with Crippen molar-refractivity contribution < 1.29 is 4.74 Å². The highest BCUT2D eigenvalue weighted by atomic mass is 32.1. The second kappa shape index (κ2) is 6.31. The van der Waals surface area contributed by atoms with E-state index in [9.17, 15) is 0 Å². The Bertz CT molecular complexity index is 557. The topological polar surface area (TPSA) is 28.3 Å². The first-order chi connectivity index (χ1) is 8.72. The van der Waals surface area contributed by atoms with E-state index < -0.39 is 0 Å². The van der Waals surface area contributed by atoms with Gasteiger partial charge in [0.2, 0.25) is 0 Å². The van der Waals surface area contributed by atoms with Crippen LogP contribution in [0.4, 0.5) is 0 Å². The van der Waals surface area contributed by atoms with Gasteiger partial charge >= 0.3 is 0 Å². The first-order valence-electron chi connectivity index (χ1n) is 6.21. The minimum absolute atomic E-state index is 0.725. The number of likely N-dealkylation sites (N-methyl/N-ethyl adjacent to an activating group) is 1. The Kier molecular flexibility index (Phi) is 4.74. The SMILES string of the molecule is CCN(CC)CCOc1ccc2[nH]c(=S)sc2c1. The molecule has 18 heavy (non-hydrogen) atoms. The molecule has 3 nitrogen and oxygen atoms in total. The lowest BCUT2D eigenvalue weighted by Gasteiger charge is -2.17. The Morgan fingerprint density at radius 1 is 1.33 bits per heavy atom. The number of aromatic amines is 1. The van der Waals surface area contributed by atoms with E-state index in [0.717, 1.165) is 46.2 Å². The Labute approximate surface area is 116 Å². The van der Waals surface area contributed by atoms with Crippen molar-refractivity contribution in [2.45, 2.75) is 13.8 Å². The predicted molar refractivity (Wildman–Crippen MR) is 80.3 cm³/mol. The summed E-state index contributed by atoms with van der Waals surface area (Å²) in [7, 11) is 0. The first kappa shape index (κ1) is 13.5. The van der Waals surface area contributed by atoms with Gasteiger partial charge in [-0.1, -0.05) is 13.8 Å². The predicted octanol–water partition coefficient (Wildman–Crippen LogP) is 3.68. The highest BCUT2D eigenvalue weighted by molar-refractivity contribution is 7.73. The van der Waals surface area contributed by atoms with E-state index in [-0.39, 0.29) is 0 Å². The van der Waals surface area contributed by atoms with Gasteiger partial charge in [-0.05, 0) is 43.5 Å². The number of aromatic nitrogens is 1. The molecule has 0 fully saturated rings. The molecule has 0 spiro atoms. The van der Waals surface area contributed by atoms with Gasteiger partial charge < -0.3 is 14.6 Å². The van der Waals surface area contributed by atoms with E-state index in [1.54, 1.807) is 11.3 Å². The van der Waals surface area contributed by atoms with Gasteiger partial charge in [0.15, 0.2) is 3.95 Å². The average Bonchev–Trinajstić information content (AvgIpc) is 2.74. The minimum atomic E-state index is 0.725. The molecular weight excluding hydrogens is 264 g/mol. The summed E-state index contributed by atoms with van der Waals surface area (Å²) in [6.45, 7) is 8.16. The molecule has 2 aromatic rings. The lowest BCUT2D eigenvalue weighted by Crippen LogP contribution is -2.27. The molecule has 0 saturated heterocycles. The number of thiazole rings is 1. The molecule has 1 N–H and O–H groups in total. The monoisotopic (exact) mass is 282 g/mol. The van der Waals surface area contributed by atoms with Crippen LogP contribution in [-0.2, 0) is 0 Å². The lowest BCUT2D eigenvalue weighted by molar-refractivity contribution is 0.223. The van der Waals surface area contributed by atoms with Crippen molar-refractivity contribution in [3.05, 3.63) is 22.2 Å². The molecule has 0 unspecified atom stereocenters. The standard InChI is InChI=1S/C13H18N2OS2/c1-3-15(4-2)7-8-16-10-5-6-11-12(9-10)18-13(17)14-11/h5-6,9H,3-4,7-8H2,1-2H3,(H,14,17). The van der Waals surface area contributed by atoms with Gasteiger partial charge in [0.25, 0.3) is 0 Å². The molecule has 98 valence electrons. The molecule has 1 heterocycles. The van der Waals surface area contributed by atoms with E-state index in [1.807, 2.05) is 12.1 Å². The molecule has 0 amide bonds. The van der Waals surface area contributed by atoms with Crippen molar-refractivity contribution in [3.63, 3.8) is 0 Å². The molecule has 2 rings (SSSR count). The number of hydrogen-bond acceptors (Lipinski definition) is 4. The number of fused-ring (bicyclic) bond motifs is 1. The molecular formula is C13H18N2OS2.